The van der Waals surface area contributed by atoms with E-state index in [2.05, 4.69) is 17.6 Å². The third kappa shape index (κ3) is 2.81. The molecule has 0 bridgehead atoms. The van der Waals surface area contributed by atoms with Crippen LogP contribution in [0.2, 0.25) is 0 Å². The van der Waals surface area contributed by atoms with Gasteiger partial charge >= 0.3 is 0 Å². The van der Waals surface area contributed by atoms with Gasteiger partial charge in [-0.05, 0) is 26.3 Å². The van der Waals surface area contributed by atoms with Crippen LogP contribution >= 0.6 is 0 Å². The van der Waals surface area contributed by atoms with Crippen molar-refractivity contribution >= 4 is 5.91 Å². The molecule has 0 aromatic heterocycles. The molecule has 0 radical (unpaired) electrons. The van der Waals surface area contributed by atoms with Gasteiger partial charge in [-0.25, -0.2) is 0 Å². The second kappa shape index (κ2) is 5.14. The third-order valence-electron chi connectivity index (χ3n) is 2.20. The highest BCUT2D eigenvalue weighted by molar-refractivity contribution is 5.85. The molecule has 2 N–H and O–H groups in total. The van der Waals surface area contributed by atoms with Gasteiger partial charge in [0.15, 0.2) is 0 Å². The summed E-state index contributed by atoms with van der Waals surface area (Å²) in [5.41, 5.74) is -0.398. The van der Waals surface area contributed by atoms with E-state index in [1.54, 1.807) is 7.05 Å². The van der Waals surface area contributed by atoms with E-state index in [1.807, 2.05) is 13.8 Å². The number of hydrogen-bond donors (Lipinski definition) is 2. The van der Waals surface area contributed by atoms with Gasteiger partial charge in [-0.2, -0.15) is 0 Å². The molecule has 0 aromatic rings. The van der Waals surface area contributed by atoms with Crippen LogP contribution in [-0.4, -0.2) is 25.0 Å². The Kier molecular flexibility index (Phi) is 4.90. The minimum atomic E-state index is -0.398. The first-order valence-electron chi connectivity index (χ1n) is 4.58. The summed E-state index contributed by atoms with van der Waals surface area (Å²) in [5.74, 6) is 0.0680. The van der Waals surface area contributed by atoms with Crippen LogP contribution in [0.25, 0.3) is 0 Å². The van der Waals surface area contributed by atoms with Crippen LogP contribution in [0.3, 0.4) is 0 Å². The molecule has 3 heteroatoms. The van der Waals surface area contributed by atoms with E-state index in [-0.39, 0.29) is 5.91 Å². The highest BCUT2D eigenvalue weighted by atomic mass is 16.2. The van der Waals surface area contributed by atoms with E-state index in [0.29, 0.717) is 0 Å². The Morgan fingerprint density at radius 2 is 2.00 bits per heavy atom. The predicted octanol–water partition coefficient (Wildman–Crippen LogP) is 0.901. The Hall–Kier alpha value is -0.570. The second-order valence-electron chi connectivity index (χ2n) is 3.19. The summed E-state index contributed by atoms with van der Waals surface area (Å²) in [7, 11) is 1.67. The van der Waals surface area contributed by atoms with Crippen molar-refractivity contribution in [1.82, 2.24) is 10.6 Å². The quantitative estimate of drug-likeness (QED) is 0.647. The molecule has 0 aromatic carbocycles. The van der Waals surface area contributed by atoms with E-state index in [0.717, 1.165) is 19.4 Å². The maximum Gasteiger partial charge on any atom is 0.239 e. The average molecular weight is 172 g/mol. The highest BCUT2D eigenvalue weighted by Gasteiger charge is 2.28. The van der Waals surface area contributed by atoms with Gasteiger partial charge < -0.3 is 10.6 Å². The molecular formula is C9H20N2O. The number of carbonyl (C=O) groups is 1. The van der Waals surface area contributed by atoms with Crippen molar-refractivity contribution in [3.05, 3.63) is 0 Å². The molecule has 0 saturated carbocycles. The smallest absolute Gasteiger partial charge is 0.239 e. The molecule has 0 saturated heterocycles. The highest BCUT2D eigenvalue weighted by Crippen LogP contribution is 2.08. The second-order valence-corrected chi connectivity index (χ2v) is 3.19. The lowest BCUT2D eigenvalue weighted by Crippen LogP contribution is -2.53. The molecule has 0 aliphatic rings. The number of hydrogen-bond acceptors (Lipinski definition) is 2. The average Bonchev–Trinajstić information content (AvgIpc) is 2.12. The van der Waals surface area contributed by atoms with Gasteiger partial charge in [-0.3, -0.25) is 4.79 Å². The predicted molar refractivity (Wildman–Crippen MR) is 51.1 cm³/mol. The summed E-state index contributed by atoms with van der Waals surface area (Å²) in [6.45, 7) is 6.92. The van der Waals surface area contributed by atoms with Crippen LogP contribution in [0.4, 0.5) is 0 Å². The van der Waals surface area contributed by atoms with Crippen molar-refractivity contribution in [2.24, 2.45) is 0 Å². The third-order valence-corrected chi connectivity index (χ3v) is 2.20. The lowest BCUT2D eigenvalue weighted by Gasteiger charge is -2.27. The van der Waals surface area contributed by atoms with Crippen LogP contribution in [0.15, 0.2) is 0 Å². The summed E-state index contributed by atoms with van der Waals surface area (Å²) in [4.78, 5) is 11.4. The monoisotopic (exact) mass is 172 g/mol. The zero-order valence-corrected chi connectivity index (χ0v) is 8.53. The van der Waals surface area contributed by atoms with Crippen LogP contribution < -0.4 is 10.6 Å². The molecule has 3 nitrogen and oxygen atoms in total. The molecule has 0 aliphatic heterocycles. The van der Waals surface area contributed by atoms with Crippen molar-refractivity contribution < 1.29 is 4.79 Å². The molecule has 1 atom stereocenters. The number of rotatable bonds is 5. The van der Waals surface area contributed by atoms with E-state index in [4.69, 9.17) is 0 Å². The zero-order chi connectivity index (χ0) is 9.61. The zero-order valence-electron chi connectivity index (χ0n) is 8.53. The summed E-state index contributed by atoms with van der Waals surface area (Å²) >= 11 is 0. The fourth-order valence-corrected chi connectivity index (χ4v) is 1.04. The van der Waals surface area contributed by atoms with E-state index < -0.39 is 5.54 Å². The van der Waals surface area contributed by atoms with Crippen LogP contribution in [0.1, 0.15) is 33.6 Å². The van der Waals surface area contributed by atoms with Crippen molar-refractivity contribution in [3.8, 4) is 0 Å². The Labute approximate surface area is 74.9 Å². The summed E-state index contributed by atoms with van der Waals surface area (Å²) in [6, 6.07) is 0. The van der Waals surface area contributed by atoms with Crippen LogP contribution in [0.5, 0.6) is 0 Å². The number of carbonyl (C=O) groups excluding carboxylic acids is 1. The number of likely N-dealkylation sites (N-methyl/N-ethyl adjacent to an activating group) is 1. The van der Waals surface area contributed by atoms with Gasteiger partial charge in [-0.15, -0.1) is 0 Å². The number of nitrogens with one attached hydrogen (secondary N) is 2. The minimum absolute atomic E-state index is 0.0680. The Bertz CT molecular complexity index is 147. The molecule has 0 aliphatic carbocycles. The summed E-state index contributed by atoms with van der Waals surface area (Å²) < 4.78 is 0. The molecule has 12 heavy (non-hydrogen) atoms. The largest absolute Gasteiger partial charge is 0.358 e. The maximum atomic E-state index is 11.4. The first-order chi connectivity index (χ1) is 5.60. The van der Waals surface area contributed by atoms with E-state index in [1.165, 1.54) is 0 Å². The molecule has 1 unspecified atom stereocenters. The van der Waals surface area contributed by atoms with Gasteiger partial charge in [0.2, 0.25) is 5.91 Å². The summed E-state index contributed by atoms with van der Waals surface area (Å²) in [6.07, 6.45) is 1.86. The van der Waals surface area contributed by atoms with Crippen molar-refractivity contribution in [2.45, 2.75) is 39.2 Å². The molecule has 0 heterocycles. The van der Waals surface area contributed by atoms with Crippen LogP contribution in [-0.2, 0) is 4.79 Å². The van der Waals surface area contributed by atoms with Gasteiger partial charge in [0.1, 0.15) is 0 Å². The lowest BCUT2D eigenvalue weighted by atomic mass is 9.97. The normalized spacial score (nSPS) is 15.3. The van der Waals surface area contributed by atoms with E-state index >= 15 is 0 Å². The fourth-order valence-electron chi connectivity index (χ4n) is 1.04. The fraction of sp³-hybridized carbons (Fsp3) is 0.889. The molecule has 0 spiro atoms. The van der Waals surface area contributed by atoms with Gasteiger partial charge in [0.05, 0.1) is 5.54 Å². The van der Waals surface area contributed by atoms with Crippen LogP contribution in [0, 0.1) is 0 Å². The molecule has 0 rings (SSSR count). The minimum Gasteiger partial charge on any atom is -0.358 e. The van der Waals surface area contributed by atoms with Crippen molar-refractivity contribution in [1.29, 1.82) is 0 Å². The SMILES string of the molecule is CCCNC(C)(CC)C(=O)NC. The standard InChI is InChI=1S/C9H20N2O/c1-5-7-11-9(3,6-2)8(12)10-4/h11H,5-7H2,1-4H3,(H,10,12). The van der Waals surface area contributed by atoms with Gasteiger partial charge in [-0.1, -0.05) is 13.8 Å². The van der Waals surface area contributed by atoms with E-state index in [9.17, 15) is 4.79 Å². The first kappa shape index (κ1) is 11.4. The topological polar surface area (TPSA) is 41.1 Å². The molecule has 1 amide bonds. The van der Waals surface area contributed by atoms with Crippen molar-refractivity contribution in [3.63, 3.8) is 0 Å². The Balaban J connectivity index is 4.13. The maximum absolute atomic E-state index is 11.4. The van der Waals surface area contributed by atoms with Gasteiger partial charge in [0, 0.05) is 7.05 Å². The Morgan fingerprint density at radius 1 is 1.42 bits per heavy atom. The lowest BCUT2D eigenvalue weighted by molar-refractivity contribution is -0.126. The molecule has 0 fully saturated rings. The molecule has 72 valence electrons. The van der Waals surface area contributed by atoms with Gasteiger partial charge in [0.25, 0.3) is 0 Å². The van der Waals surface area contributed by atoms with Crippen molar-refractivity contribution in [2.75, 3.05) is 13.6 Å². The molecular weight excluding hydrogens is 152 g/mol. The first-order valence-corrected chi connectivity index (χ1v) is 4.58. The summed E-state index contributed by atoms with van der Waals surface area (Å²) in [5, 5.41) is 5.90. The Morgan fingerprint density at radius 3 is 2.33 bits per heavy atom. The number of amides is 1.